The second kappa shape index (κ2) is 8.50. The topological polar surface area (TPSA) is 26.8 Å². The highest BCUT2D eigenvalue weighted by molar-refractivity contribution is 5.81. The standard InChI is InChI=1S/C25H27N3O/c1-26(2)23-15-13-22(14-16-23)25-27(17-20-9-5-3-6-10-20)19-24(29)28(25)18-21-11-7-4-8-12-21/h3-16,25H,17-19H2,1-2H3. The van der Waals surface area contributed by atoms with Gasteiger partial charge < -0.3 is 9.80 Å². The van der Waals surface area contributed by atoms with Crippen molar-refractivity contribution in [2.24, 2.45) is 0 Å². The number of carbonyl (C=O) groups is 1. The molecule has 0 aromatic heterocycles. The van der Waals surface area contributed by atoms with Gasteiger partial charge in [-0.05, 0) is 28.8 Å². The summed E-state index contributed by atoms with van der Waals surface area (Å²) in [4.78, 5) is 19.4. The fraction of sp³-hybridized carbons (Fsp3) is 0.240. The lowest BCUT2D eigenvalue weighted by Gasteiger charge is -2.31. The van der Waals surface area contributed by atoms with Crippen LogP contribution in [0.1, 0.15) is 22.9 Å². The zero-order valence-corrected chi connectivity index (χ0v) is 17.0. The van der Waals surface area contributed by atoms with Gasteiger partial charge in [-0.3, -0.25) is 9.69 Å². The Kier molecular flexibility index (Phi) is 5.63. The van der Waals surface area contributed by atoms with E-state index in [0.717, 1.165) is 23.4 Å². The lowest BCUT2D eigenvalue weighted by molar-refractivity contribution is -0.128. The van der Waals surface area contributed by atoms with E-state index < -0.39 is 0 Å². The smallest absolute Gasteiger partial charge is 0.238 e. The molecule has 0 bridgehead atoms. The van der Waals surface area contributed by atoms with Crippen LogP contribution in [-0.4, -0.2) is 36.3 Å². The summed E-state index contributed by atoms with van der Waals surface area (Å²) in [6.07, 6.45) is -0.0703. The lowest BCUT2D eigenvalue weighted by Crippen LogP contribution is -2.31. The molecule has 0 spiro atoms. The highest BCUT2D eigenvalue weighted by Gasteiger charge is 2.38. The Morgan fingerprint density at radius 1 is 0.793 bits per heavy atom. The fourth-order valence-corrected chi connectivity index (χ4v) is 3.93. The van der Waals surface area contributed by atoms with Crippen molar-refractivity contribution in [3.63, 3.8) is 0 Å². The number of hydrogen-bond acceptors (Lipinski definition) is 3. The molecule has 3 aromatic carbocycles. The van der Waals surface area contributed by atoms with Crippen molar-refractivity contribution in [2.45, 2.75) is 19.3 Å². The predicted octanol–water partition coefficient (Wildman–Crippen LogP) is 4.30. The van der Waals surface area contributed by atoms with Crippen LogP contribution in [0.25, 0.3) is 0 Å². The molecule has 0 N–H and O–H groups in total. The Bertz CT molecular complexity index is 939. The maximum absolute atomic E-state index is 13.0. The van der Waals surface area contributed by atoms with E-state index in [1.807, 2.05) is 43.3 Å². The van der Waals surface area contributed by atoms with Crippen LogP contribution in [0.2, 0.25) is 0 Å². The van der Waals surface area contributed by atoms with Crippen LogP contribution in [0.4, 0.5) is 5.69 Å². The molecule has 4 nitrogen and oxygen atoms in total. The van der Waals surface area contributed by atoms with Gasteiger partial charge in [-0.2, -0.15) is 0 Å². The summed E-state index contributed by atoms with van der Waals surface area (Å²) in [5.41, 5.74) is 4.67. The van der Waals surface area contributed by atoms with Crippen LogP contribution in [0.3, 0.4) is 0 Å². The SMILES string of the molecule is CN(C)c1ccc(C2N(Cc3ccccc3)CC(=O)N2Cc2ccccc2)cc1. The molecule has 1 atom stereocenters. The van der Waals surface area contributed by atoms with Gasteiger partial charge in [0.05, 0.1) is 6.54 Å². The van der Waals surface area contributed by atoms with E-state index in [1.54, 1.807) is 0 Å². The molecule has 0 radical (unpaired) electrons. The molecule has 148 valence electrons. The summed E-state index contributed by atoms with van der Waals surface area (Å²) >= 11 is 0. The van der Waals surface area contributed by atoms with Gasteiger partial charge in [0, 0.05) is 32.9 Å². The van der Waals surface area contributed by atoms with Crippen LogP contribution in [0, 0.1) is 0 Å². The van der Waals surface area contributed by atoms with Gasteiger partial charge in [0.15, 0.2) is 0 Å². The molecule has 1 aliphatic heterocycles. The van der Waals surface area contributed by atoms with Crippen LogP contribution >= 0.6 is 0 Å². The first-order valence-corrected chi connectivity index (χ1v) is 10.0. The van der Waals surface area contributed by atoms with Crippen LogP contribution < -0.4 is 4.90 Å². The van der Waals surface area contributed by atoms with Gasteiger partial charge in [-0.15, -0.1) is 0 Å². The van der Waals surface area contributed by atoms with Crippen LogP contribution in [0.5, 0.6) is 0 Å². The third-order valence-corrected chi connectivity index (χ3v) is 5.43. The Hall–Kier alpha value is -3.11. The van der Waals surface area contributed by atoms with Crippen molar-refractivity contribution >= 4 is 11.6 Å². The molecule has 29 heavy (non-hydrogen) atoms. The second-order valence-electron chi connectivity index (χ2n) is 7.76. The highest BCUT2D eigenvalue weighted by Crippen LogP contribution is 2.34. The molecule has 1 unspecified atom stereocenters. The Balaban J connectivity index is 1.66. The molecule has 4 rings (SSSR count). The van der Waals surface area contributed by atoms with Gasteiger partial charge in [0.25, 0.3) is 0 Å². The normalized spacial score (nSPS) is 17.0. The number of rotatable bonds is 6. The number of nitrogens with zero attached hydrogens (tertiary/aromatic N) is 3. The predicted molar refractivity (Wildman–Crippen MR) is 117 cm³/mol. The Morgan fingerprint density at radius 3 is 1.90 bits per heavy atom. The molecule has 1 amide bonds. The molecule has 0 saturated carbocycles. The van der Waals surface area contributed by atoms with Gasteiger partial charge in [-0.25, -0.2) is 0 Å². The number of hydrogen-bond donors (Lipinski definition) is 0. The van der Waals surface area contributed by atoms with E-state index in [4.69, 9.17) is 0 Å². The summed E-state index contributed by atoms with van der Waals surface area (Å²) in [5, 5.41) is 0. The van der Waals surface area contributed by atoms with E-state index in [0.29, 0.717) is 13.1 Å². The number of anilines is 1. The van der Waals surface area contributed by atoms with E-state index in [2.05, 4.69) is 70.5 Å². The summed E-state index contributed by atoms with van der Waals surface area (Å²) in [6.45, 7) is 1.80. The van der Waals surface area contributed by atoms with Gasteiger partial charge in [-0.1, -0.05) is 72.8 Å². The maximum atomic E-state index is 13.0. The Morgan fingerprint density at radius 2 is 1.34 bits per heavy atom. The molecule has 1 heterocycles. The Labute approximate surface area is 173 Å². The van der Waals surface area contributed by atoms with E-state index in [-0.39, 0.29) is 12.1 Å². The van der Waals surface area contributed by atoms with Crippen LogP contribution in [-0.2, 0) is 17.9 Å². The number of carbonyl (C=O) groups excluding carboxylic acids is 1. The summed E-state index contributed by atoms with van der Waals surface area (Å²) in [7, 11) is 4.08. The minimum atomic E-state index is -0.0703. The third kappa shape index (κ3) is 4.33. The maximum Gasteiger partial charge on any atom is 0.238 e. The van der Waals surface area contributed by atoms with Crippen molar-refractivity contribution in [3.05, 3.63) is 102 Å². The van der Waals surface area contributed by atoms with E-state index in [9.17, 15) is 4.79 Å². The molecule has 1 saturated heterocycles. The van der Waals surface area contributed by atoms with Gasteiger partial charge in [0.1, 0.15) is 6.17 Å². The van der Waals surface area contributed by atoms with Gasteiger partial charge in [0.2, 0.25) is 5.91 Å². The lowest BCUT2D eigenvalue weighted by atomic mass is 10.1. The van der Waals surface area contributed by atoms with Crippen LogP contribution in [0.15, 0.2) is 84.9 Å². The third-order valence-electron chi connectivity index (χ3n) is 5.43. The number of amides is 1. The van der Waals surface area contributed by atoms with Gasteiger partial charge >= 0.3 is 0 Å². The van der Waals surface area contributed by atoms with Crippen molar-refractivity contribution in [2.75, 3.05) is 25.5 Å². The average molecular weight is 386 g/mol. The first-order valence-electron chi connectivity index (χ1n) is 10.0. The molecule has 1 fully saturated rings. The van der Waals surface area contributed by atoms with Crippen molar-refractivity contribution in [1.29, 1.82) is 0 Å². The molecular formula is C25H27N3O. The summed E-state index contributed by atoms with van der Waals surface area (Å²) in [6, 6.07) is 29.1. The largest absolute Gasteiger partial charge is 0.378 e. The minimum Gasteiger partial charge on any atom is -0.378 e. The molecule has 3 aromatic rings. The molecule has 0 aliphatic carbocycles. The average Bonchev–Trinajstić information content (AvgIpc) is 3.04. The van der Waals surface area contributed by atoms with Crippen molar-refractivity contribution in [3.8, 4) is 0 Å². The highest BCUT2D eigenvalue weighted by atomic mass is 16.2. The summed E-state index contributed by atoms with van der Waals surface area (Å²) in [5.74, 6) is 0.173. The summed E-state index contributed by atoms with van der Waals surface area (Å²) < 4.78 is 0. The minimum absolute atomic E-state index is 0.0703. The first-order chi connectivity index (χ1) is 14.1. The first kappa shape index (κ1) is 19.2. The van der Waals surface area contributed by atoms with Crippen molar-refractivity contribution < 1.29 is 4.79 Å². The second-order valence-corrected chi connectivity index (χ2v) is 7.76. The zero-order chi connectivity index (χ0) is 20.2. The van der Waals surface area contributed by atoms with E-state index in [1.165, 1.54) is 5.56 Å². The quantitative estimate of drug-likeness (QED) is 0.633. The fourth-order valence-electron chi connectivity index (χ4n) is 3.93. The zero-order valence-electron chi connectivity index (χ0n) is 17.0. The van der Waals surface area contributed by atoms with E-state index >= 15 is 0 Å². The van der Waals surface area contributed by atoms with Crippen molar-refractivity contribution in [1.82, 2.24) is 9.80 Å². The monoisotopic (exact) mass is 385 g/mol. The molecular weight excluding hydrogens is 358 g/mol. The number of benzene rings is 3. The molecule has 4 heteroatoms. The molecule has 1 aliphatic rings.